The second-order valence-electron chi connectivity index (χ2n) is 5.49. The van der Waals surface area contributed by atoms with Crippen LogP contribution in [0.4, 0.5) is 11.4 Å². The number of halogens is 1. The minimum Gasteiger partial charge on any atom is -0.344 e. The molecule has 0 amide bonds. The van der Waals surface area contributed by atoms with E-state index < -0.39 is 0 Å². The summed E-state index contributed by atoms with van der Waals surface area (Å²) in [5.41, 5.74) is 11.1. The van der Waals surface area contributed by atoms with Crippen LogP contribution in [0.15, 0.2) is 46.9 Å². The van der Waals surface area contributed by atoms with Crippen molar-refractivity contribution >= 4 is 27.3 Å². The lowest BCUT2D eigenvalue weighted by molar-refractivity contribution is 0.646. The van der Waals surface area contributed by atoms with Gasteiger partial charge in [0.25, 0.3) is 0 Å². The van der Waals surface area contributed by atoms with Crippen LogP contribution in [0.2, 0.25) is 0 Å². The highest BCUT2D eigenvalue weighted by atomic mass is 79.9. The minimum absolute atomic E-state index is 0.204. The monoisotopic (exact) mass is 346 g/mol. The van der Waals surface area contributed by atoms with Crippen molar-refractivity contribution in [2.75, 3.05) is 11.9 Å². The maximum Gasteiger partial charge on any atom is 0.0452 e. The van der Waals surface area contributed by atoms with Crippen LogP contribution >= 0.6 is 15.9 Å². The number of hydrogen-bond acceptors (Lipinski definition) is 2. The molecule has 2 aromatic rings. The summed E-state index contributed by atoms with van der Waals surface area (Å²) in [6.45, 7) is 4.27. The summed E-state index contributed by atoms with van der Waals surface area (Å²) < 4.78 is 1.09. The molecule has 0 spiro atoms. The summed E-state index contributed by atoms with van der Waals surface area (Å²) in [7, 11) is 2.12. The topological polar surface area (TPSA) is 29.3 Å². The zero-order valence-corrected chi connectivity index (χ0v) is 14.5. The molecule has 0 fully saturated rings. The van der Waals surface area contributed by atoms with Crippen molar-refractivity contribution in [2.24, 2.45) is 5.73 Å². The van der Waals surface area contributed by atoms with E-state index in [2.05, 4.69) is 84.2 Å². The maximum atomic E-state index is 6.15. The number of hydrogen-bond donors (Lipinski definition) is 1. The molecule has 112 valence electrons. The van der Waals surface area contributed by atoms with Crippen LogP contribution in [0.1, 0.15) is 24.5 Å². The van der Waals surface area contributed by atoms with Crippen LogP contribution in [-0.4, -0.2) is 13.1 Å². The van der Waals surface area contributed by atoms with Gasteiger partial charge in [-0.15, -0.1) is 0 Å². The Morgan fingerprint density at radius 1 is 1.14 bits per heavy atom. The number of nitrogens with zero attached hydrogens (tertiary/aromatic N) is 1. The third kappa shape index (κ3) is 3.86. The van der Waals surface area contributed by atoms with E-state index in [1.54, 1.807) is 0 Å². The predicted octanol–water partition coefficient (Wildman–Crippen LogP) is 4.81. The molecule has 2 aromatic carbocycles. The Hall–Kier alpha value is -1.32. The van der Waals surface area contributed by atoms with Crippen molar-refractivity contribution in [1.82, 2.24) is 0 Å². The normalized spacial score (nSPS) is 12.2. The van der Waals surface area contributed by atoms with Gasteiger partial charge in [-0.05, 0) is 49.1 Å². The lowest BCUT2D eigenvalue weighted by Crippen LogP contribution is -2.23. The fraction of sp³-hybridized carbons (Fsp3) is 0.333. The molecule has 21 heavy (non-hydrogen) atoms. The molecule has 0 aliphatic carbocycles. The van der Waals surface area contributed by atoms with Gasteiger partial charge in [0, 0.05) is 28.9 Å². The van der Waals surface area contributed by atoms with Gasteiger partial charge in [-0.25, -0.2) is 0 Å². The van der Waals surface area contributed by atoms with Gasteiger partial charge in [0.2, 0.25) is 0 Å². The van der Waals surface area contributed by atoms with E-state index in [-0.39, 0.29) is 6.04 Å². The van der Waals surface area contributed by atoms with Gasteiger partial charge in [-0.3, -0.25) is 0 Å². The van der Waals surface area contributed by atoms with E-state index in [0.29, 0.717) is 0 Å². The highest BCUT2D eigenvalue weighted by molar-refractivity contribution is 9.10. The van der Waals surface area contributed by atoms with Crippen LogP contribution in [0.5, 0.6) is 0 Å². The average molecular weight is 347 g/mol. The Kier molecular flexibility index (Phi) is 5.43. The Bertz CT molecular complexity index is 610. The summed E-state index contributed by atoms with van der Waals surface area (Å²) in [6.07, 6.45) is 1.89. The lowest BCUT2D eigenvalue weighted by atomic mass is 10.0. The first-order valence-electron chi connectivity index (χ1n) is 7.36. The third-order valence-electron chi connectivity index (χ3n) is 3.89. The second kappa shape index (κ2) is 7.10. The second-order valence-corrected chi connectivity index (χ2v) is 6.41. The van der Waals surface area contributed by atoms with Crippen LogP contribution in [0.25, 0.3) is 0 Å². The van der Waals surface area contributed by atoms with E-state index in [9.17, 15) is 0 Å². The number of nitrogens with two attached hydrogens (primary N) is 1. The van der Waals surface area contributed by atoms with E-state index >= 15 is 0 Å². The Morgan fingerprint density at radius 3 is 2.52 bits per heavy atom. The molecule has 0 saturated heterocycles. The average Bonchev–Trinajstić information content (AvgIpc) is 2.48. The summed E-state index contributed by atoms with van der Waals surface area (Å²) >= 11 is 3.58. The van der Waals surface area contributed by atoms with Crippen molar-refractivity contribution in [3.63, 3.8) is 0 Å². The molecule has 0 bridgehead atoms. The van der Waals surface area contributed by atoms with E-state index in [0.717, 1.165) is 17.3 Å². The smallest absolute Gasteiger partial charge is 0.0452 e. The van der Waals surface area contributed by atoms with Crippen LogP contribution < -0.4 is 10.6 Å². The van der Waals surface area contributed by atoms with E-state index in [1.807, 2.05) is 0 Å². The largest absolute Gasteiger partial charge is 0.344 e. The summed E-state index contributed by atoms with van der Waals surface area (Å²) in [5.74, 6) is 0. The fourth-order valence-corrected chi connectivity index (χ4v) is 2.87. The predicted molar refractivity (Wildman–Crippen MR) is 95.4 cm³/mol. The van der Waals surface area contributed by atoms with Crippen molar-refractivity contribution in [2.45, 2.75) is 32.7 Å². The zero-order chi connectivity index (χ0) is 15.4. The van der Waals surface area contributed by atoms with Gasteiger partial charge >= 0.3 is 0 Å². The molecule has 1 unspecified atom stereocenters. The summed E-state index contributed by atoms with van der Waals surface area (Å²) in [6, 6.07) is 15.1. The van der Waals surface area contributed by atoms with Crippen molar-refractivity contribution in [1.29, 1.82) is 0 Å². The maximum absolute atomic E-state index is 6.15. The Balaban J connectivity index is 2.42. The van der Waals surface area contributed by atoms with Gasteiger partial charge in [-0.1, -0.05) is 47.1 Å². The third-order valence-corrected chi connectivity index (χ3v) is 4.39. The first kappa shape index (κ1) is 16.1. The molecule has 0 radical (unpaired) electrons. The van der Waals surface area contributed by atoms with Crippen molar-refractivity contribution in [3.05, 3.63) is 58.1 Å². The van der Waals surface area contributed by atoms with Crippen molar-refractivity contribution < 1.29 is 0 Å². The molecular formula is C18H23BrN2. The molecule has 1 atom stereocenters. The number of anilines is 2. The van der Waals surface area contributed by atoms with Gasteiger partial charge in [0.1, 0.15) is 0 Å². The minimum atomic E-state index is 0.204. The van der Waals surface area contributed by atoms with E-state index in [4.69, 9.17) is 5.73 Å². The quantitative estimate of drug-likeness (QED) is 0.841. The lowest BCUT2D eigenvalue weighted by Gasteiger charge is -2.25. The molecule has 0 aliphatic heterocycles. The van der Waals surface area contributed by atoms with E-state index in [1.165, 1.54) is 22.5 Å². The first-order chi connectivity index (χ1) is 10.0. The summed E-state index contributed by atoms with van der Waals surface area (Å²) in [4.78, 5) is 2.25. The standard InChI is InChI=1S/C18H23BrN2/c1-4-16(20)11-14-9-10-15(19)12-18(14)21(3)17-8-6-5-7-13(17)2/h5-10,12,16H,4,11,20H2,1-3H3. The molecule has 2 N–H and O–H groups in total. The fourth-order valence-electron chi connectivity index (χ4n) is 2.52. The Morgan fingerprint density at radius 2 is 1.86 bits per heavy atom. The van der Waals surface area contributed by atoms with Gasteiger partial charge in [0.05, 0.1) is 0 Å². The molecule has 0 heterocycles. The van der Waals surface area contributed by atoms with Gasteiger partial charge in [0.15, 0.2) is 0 Å². The molecule has 0 aliphatic rings. The van der Waals surface area contributed by atoms with Gasteiger partial charge in [-0.2, -0.15) is 0 Å². The molecular weight excluding hydrogens is 324 g/mol. The molecule has 2 nitrogen and oxygen atoms in total. The number of aryl methyl sites for hydroxylation is 1. The molecule has 3 heteroatoms. The SMILES string of the molecule is CCC(N)Cc1ccc(Br)cc1N(C)c1ccccc1C. The zero-order valence-electron chi connectivity index (χ0n) is 12.9. The van der Waals surface area contributed by atoms with Crippen molar-refractivity contribution in [3.8, 4) is 0 Å². The van der Waals surface area contributed by atoms with Crippen LogP contribution in [0, 0.1) is 6.92 Å². The molecule has 0 aromatic heterocycles. The van der Waals surface area contributed by atoms with Crippen LogP contribution in [0.3, 0.4) is 0 Å². The number of benzene rings is 2. The first-order valence-corrected chi connectivity index (χ1v) is 8.15. The molecule has 2 rings (SSSR count). The molecule has 0 saturated carbocycles. The highest BCUT2D eigenvalue weighted by Gasteiger charge is 2.13. The Labute approximate surface area is 136 Å². The number of para-hydroxylation sites is 1. The van der Waals surface area contributed by atoms with Gasteiger partial charge < -0.3 is 10.6 Å². The summed E-state index contributed by atoms with van der Waals surface area (Å²) in [5, 5.41) is 0. The number of rotatable bonds is 5. The highest BCUT2D eigenvalue weighted by Crippen LogP contribution is 2.32. The van der Waals surface area contributed by atoms with Crippen LogP contribution in [-0.2, 0) is 6.42 Å².